The van der Waals surface area contributed by atoms with Gasteiger partial charge in [0.25, 0.3) is 16.1 Å². The molecule has 0 spiro atoms. The van der Waals surface area contributed by atoms with Gasteiger partial charge in [-0.3, -0.25) is 0 Å². The third kappa shape index (κ3) is 3.08. The van der Waals surface area contributed by atoms with Gasteiger partial charge in [0.05, 0.1) is 5.75 Å². The van der Waals surface area contributed by atoms with Crippen molar-refractivity contribution in [1.29, 1.82) is 0 Å². The first-order valence-corrected chi connectivity index (χ1v) is 5.21. The van der Waals surface area contributed by atoms with Gasteiger partial charge in [-0.15, -0.1) is 0 Å². The maximum Gasteiger partial charge on any atom is 0.267 e. The molecule has 0 fully saturated rings. The number of carbonyl (C=O) groups excluding carboxylic acids is 1. The van der Waals surface area contributed by atoms with E-state index in [1.165, 1.54) is 12.1 Å². The van der Waals surface area contributed by atoms with Crippen LogP contribution in [0.3, 0.4) is 0 Å². The molecule has 0 aliphatic carbocycles. The summed E-state index contributed by atoms with van der Waals surface area (Å²) in [5, 5.41) is 0. The SMILES string of the molecule is O=C=NS(=O)(=O)Cc1ccc(F)cc1. The van der Waals surface area contributed by atoms with E-state index in [0.717, 1.165) is 18.2 Å². The van der Waals surface area contributed by atoms with E-state index in [0.29, 0.717) is 5.56 Å². The van der Waals surface area contributed by atoms with Crippen molar-refractivity contribution < 1.29 is 17.6 Å². The van der Waals surface area contributed by atoms with E-state index in [1.54, 1.807) is 0 Å². The van der Waals surface area contributed by atoms with Crippen LogP contribution >= 0.6 is 0 Å². The summed E-state index contributed by atoms with van der Waals surface area (Å²) in [7, 11) is -3.82. The molecule has 0 N–H and O–H groups in total. The second kappa shape index (κ2) is 4.13. The van der Waals surface area contributed by atoms with E-state index in [-0.39, 0.29) is 0 Å². The Hall–Kier alpha value is -1.52. The maximum atomic E-state index is 12.4. The minimum absolute atomic E-state index is 0.366. The highest BCUT2D eigenvalue weighted by Crippen LogP contribution is 2.08. The fraction of sp³-hybridized carbons (Fsp3) is 0.125. The van der Waals surface area contributed by atoms with Crippen molar-refractivity contribution in [2.45, 2.75) is 5.75 Å². The zero-order valence-electron chi connectivity index (χ0n) is 6.97. The molecule has 0 bridgehead atoms. The molecule has 0 atom stereocenters. The normalized spacial score (nSPS) is 10.6. The van der Waals surface area contributed by atoms with Crippen molar-refractivity contribution in [3.05, 3.63) is 35.6 Å². The number of rotatable bonds is 3. The van der Waals surface area contributed by atoms with Gasteiger partial charge in [0.1, 0.15) is 5.82 Å². The van der Waals surface area contributed by atoms with Crippen molar-refractivity contribution >= 4 is 16.1 Å². The molecule has 0 heterocycles. The first-order chi connectivity index (χ1) is 6.53. The molecule has 6 heteroatoms. The Bertz CT molecular complexity index is 460. The third-order valence-corrected chi connectivity index (χ3v) is 2.49. The Morgan fingerprint density at radius 1 is 1.29 bits per heavy atom. The van der Waals surface area contributed by atoms with Crippen molar-refractivity contribution in [2.75, 3.05) is 0 Å². The Morgan fingerprint density at radius 3 is 2.36 bits per heavy atom. The average molecular weight is 215 g/mol. The molecule has 0 saturated carbocycles. The van der Waals surface area contributed by atoms with Gasteiger partial charge >= 0.3 is 0 Å². The van der Waals surface area contributed by atoms with Gasteiger partial charge in [0, 0.05) is 0 Å². The molecule has 0 saturated heterocycles. The number of sulfonamides is 1. The average Bonchev–Trinajstić information content (AvgIpc) is 2.08. The van der Waals surface area contributed by atoms with Gasteiger partial charge < -0.3 is 0 Å². The highest BCUT2D eigenvalue weighted by atomic mass is 32.2. The van der Waals surface area contributed by atoms with Crippen LogP contribution in [0.5, 0.6) is 0 Å². The molecule has 0 aliphatic heterocycles. The monoisotopic (exact) mass is 215 g/mol. The molecular formula is C8H6FNO3S. The van der Waals surface area contributed by atoms with Crippen molar-refractivity contribution in [3.8, 4) is 0 Å². The summed E-state index contributed by atoms with van der Waals surface area (Å²) in [6.45, 7) is 0. The summed E-state index contributed by atoms with van der Waals surface area (Å²) in [5.41, 5.74) is 0.366. The molecule has 4 nitrogen and oxygen atoms in total. The fourth-order valence-electron chi connectivity index (χ4n) is 0.880. The van der Waals surface area contributed by atoms with Gasteiger partial charge in [0.15, 0.2) is 0 Å². The number of hydrogen-bond acceptors (Lipinski definition) is 3. The highest BCUT2D eigenvalue weighted by molar-refractivity contribution is 7.89. The second-order valence-electron chi connectivity index (χ2n) is 2.54. The zero-order chi connectivity index (χ0) is 10.6. The summed E-state index contributed by atoms with van der Waals surface area (Å²) in [4.78, 5) is 9.73. The maximum absolute atomic E-state index is 12.4. The Balaban J connectivity index is 2.90. The molecule has 0 radical (unpaired) electrons. The van der Waals surface area contributed by atoms with Crippen molar-refractivity contribution in [1.82, 2.24) is 0 Å². The Kier molecular flexibility index (Phi) is 3.11. The van der Waals surface area contributed by atoms with Crippen LogP contribution in [0.2, 0.25) is 0 Å². The smallest absolute Gasteiger partial charge is 0.210 e. The lowest BCUT2D eigenvalue weighted by Crippen LogP contribution is -1.99. The van der Waals surface area contributed by atoms with E-state index < -0.39 is 21.6 Å². The Labute approximate surface area is 80.1 Å². The first kappa shape index (κ1) is 10.6. The zero-order valence-corrected chi connectivity index (χ0v) is 7.79. The van der Waals surface area contributed by atoms with Crippen LogP contribution in [-0.2, 0) is 20.6 Å². The van der Waals surface area contributed by atoms with Gasteiger partial charge in [-0.1, -0.05) is 16.5 Å². The summed E-state index contributed by atoms with van der Waals surface area (Å²) in [6.07, 6.45) is 0.953. The molecule has 0 unspecified atom stereocenters. The molecule has 74 valence electrons. The molecule has 14 heavy (non-hydrogen) atoms. The highest BCUT2D eigenvalue weighted by Gasteiger charge is 2.09. The molecule has 0 aromatic heterocycles. The predicted octanol–water partition coefficient (Wildman–Crippen LogP) is 0.991. The van der Waals surface area contributed by atoms with Crippen molar-refractivity contribution in [3.63, 3.8) is 0 Å². The van der Waals surface area contributed by atoms with E-state index in [2.05, 4.69) is 4.40 Å². The molecule has 0 aliphatic rings. The largest absolute Gasteiger partial charge is 0.267 e. The molecule has 1 aromatic carbocycles. The molecule has 0 amide bonds. The lowest BCUT2D eigenvalue weighted by Gasteiger charge is -1.97. The van der Waals surface area contributed by atoms with Crippen LogP contribution in [0, 0.1) is 5.82 Å². The first-order valence-electron chi connectivity index (χ1n) is 3.60. The quantitative estimate of drug-likeness (QED) is 0.558. The van der Waals surface area contributed by atoms with Gasteiger partial charge in [0.2, 0.25) is 0 Å². The van der Waals surface area contributed by atoms with Crippen LogP contribution in [0.4, 0.5) is 4.39 Å². The number of benzene rings is 1. The minimum atomic E-state index is -3.82. The standard InChI is InChI=1S/C8H6FNO3S/c9-8-3-1-7(2-4-8)5-14(12,13)10-6-11/h1-4H,5H2. The third-order valence-electron chi connectivity index (χ3n) is 1.44. The van der Waals surface area contributed by atoms with Crippen LogP contribution in [-0.4, -0.2) is 14.5 Å². The minimum Gasteiger partial charge on any atom is -0.210 e. The number of nitrogens with zero attached hydrogens (tertiary/aromatic N) is 1. The molecule has 1 aromatic rings. The molecular weight excluding hydrogens is 209 g/mol. The van der Waals surface area contributed by atoms with Gasteiger partial charge in [-0.05, 0) is 17.7 Å². The van der Waals surface area contributed by atoms with Gasteiger partial charge in [-0.25, -0.2) is 17.6 Å². The van der Waals surface area contributed by atoms with Crippen LogP contribution < -0.4 is 0 Å². The summed E-state index contributed by atoms with van der Waals surface area (Å²) < 4.78 is 37.0. The van der Waals surface area contributed by atoms with E-state index in [4.69, 9.17) is 0 Å². The van der Waals surface area contributed by atoms with E-state index in [9.17, 15) is 17.6 Å². The second-order valence-corrected chi connectivity index (χ2v) is 4.17. The van der Waals surface area contributed by atoms with Crippen LogP contribution in [0.15, 0.2) is 28.7 Å². The fourth-order valence-corrected chi connectivity index (χ4v) is 1.67. The molecule has 1 rings (SSSR count). The Morgan fingerprint density at radius 2 is 1.86 bits per heavy atom. The lowest BCUT2D eigenvalue weighted by molar-refractivity contribution is 0.563. The number of hydrogen-bond donors (Lipinski definition) is 0. The van der Waals surface area contributed by atoms with Crippen LogP contribution in [0.1, 0.15) is 5.56 Å². The summed E-state index contributed by atoms with van der Waals surface area (Å²) >= 11 is 0. The number of halogens is 1. The lowest BCUT2D eigenvalue weighted by atomic mass is 10.2. The topological polar surface area (TPSA) is 63.6 Å². The van der Waals surface area contributed by atoms with E-state index >= 15 is 0 Å². The van der Waals surface area contributed by atoms with Crippen molar-refractivity contribution in [2.24, 2.45) is 4.40 Å². The number of isocyanates is 1. The predicted molar refractivity (Wildman–Crippen MR) is 47.1 cm³/mol. The van der Waals surface area contributed by atoms with Crippen LogP contribution in [0.25, 0.3) is 0 Å². The van der Waals surface area contributed by atoms with Gasteiger partial charge in [-0.2, -0.15) is 0 Å². The summed E-state index contributed by atoms with van der Waals surface area (Å²) in [5.74, 6) is -0.882. The summed E-state index contributed by atoms with van der Waals surface area (Å²) in [6, 6.07) is 4.89. The van der Waals surface area contributed by atoms with E-state index in [1.807, 2.05) is 0 Å².